The molecule has 0 spiro atoms. The summed E-state index contributed by atoms with van der Waals surface area (Å²) in [6.45, 7) is 3.95. The van der Waals surface area contributed by atoms with Gasteiger partial charge in [-0.25, -0.2) is 13.8 Å². The molecule has 5 aromatic rings. The molecule has 0 unspecified atom stereocenters. The molecule has 0 radical (unpaired) electrons. The Hall–Kier alpha value is -5.52. The van der Waals surface area contributed by atoms with Gasteiger partial charge < -0.3 is 14.5 Å². The number of benzene rings is 4. The van der Waals surface area contributed by atoms with Gasteiger partial charge in [-0.1, -0.05) is 65.7 Å². The molecule has 0 fully saturated rings. The molecule has 11 heteroatoms. The van der Waals surface area contributed by atoms with E-state index in [1.54, 1.807) is 60.7 Å². The maximum absolute atomic E-state index is 13.6. The zero-order chi connectivity index (χ0) is 32.5. The van der Waals surface area contributed by atoms with Crippen LogP contribution in [0, 0.1) is 13.8 Å². The second-order valence-corrected chi connectivity index (χ2v) is 12.4. The quantitative estimate of drug-likeness (QED) is 0.101. The van der Waals surface area contributed by atoms with Gasteiger partial charge in [-0.2, -0.15) is 9.41 Å². The minimum atomic E-state index is -3.86. The van der Waals surface area contributed by atoms with Crippen molar-refractivity contribution in [3.63, 3.8) is 0 Å². The summed E-state index contributed by atoms with van der Waals surface area (Å²) in [6.07, 6.45) is 1.23. The molecule has 0 atom stereocenters. The second kappa shape index (κ2) is 14.5. The molecule has 0 aliphatic heterocycles. The Bertz CT molecular complexity index is 1920. The number of hydrogen-bond donors (Lipinski definition) is 2. The molecule has 0 aliphatic rings. The van der Waals surface area contributed by atoms with Crippen LogP contribution in [0.4, 0.5) is 5.69 Å². The lowest BCUT2D eigenvalue weighted by Gasteiger charge is -2.21. The standard InChI is InChI=1S/C35H32N4O6S/c1-25-8-12-27(13-9-25)23-39(46(42,43)33-20-10-26(2)11-21-33)24-32-19-18-31(45-32)22-36-38-35(41)34(40)37-28-14-16-30(17-15-28)44-29-6-4-3-5-7-29/h3-22H,23-24H2,1-2H3,(H,37,40)(H,38,41)/b36-22+. The van der Waals surface area contributed by atoms with Crippen molar-refractivity contribution in [2.75, 3.05) is 5.32 Å². The van der Waals surface area contributed by atoms with E-state index < -0.39 is 21.8 Å². The third-order valence-electron chi connectivity index (χ3n) is 6.81. The number of carbonyl (C=O) groups is 2. The topological polar surface area (TPSA) is 130 Å². The molecule has 234 valence electrons. The minimum absolute atomic E-state index is 0.0398. The number of hydrazone groups is 1. The summed E-state index contributed by atoms with van der Waals surface area (Å²) in [5, 5.41) is 6.30. The third-order valence-corrected chi connectivity index (χ3v) is 8.61. The molecule has 0 saturated heterocycles. The average Bonchev–Trinajstić information content (AvgIpc) is 3.50. The predicted molar refractivity (Wildman–Crippen MR) is 175 cm³/mol. The van der Waals surface area contributed by atoms with Crippen LogP contribution < -0.4 is 15.5 Å². The number of furan rings is 1. The predicted octanol–water partition coefficient (Wildman–Crippen LogP) is 6.17. The lowest BCUT2D eigenvalue weighted by Crippen LogP contribution is -2.32. The van der Waals surface area contributed by atoms with Crippen LogP contribution in [0.5, 0.6) is 11.5 Å². The third kappa shape index (κ3) is 8.56. The van der Waals surface area contributed by atoms with Gasteiger partial charge >= 0.3 is 11.8 Å². The summed E-state index contributed by atoms with van der Waals surface area (Å²) in [5.74, 6) is -0.0296. The molecule has 1 heterocycles. The van der Waals surface area contributed by atoms with E-state index in [0.717, 1.165) is 16.7 Å². The normalized spacial score (nSPS) is 11.5. The van der Waals surface area contributed by atoms with E-state index in [0.29, 0.717) is 22.9 Å². The molecule has 2 amide bonds. The maximum atomic E-state index is 13.6. The first-order chi connectivity index (χ1) is 22.2. The van der Waals surface area contributed by atoms with Crippen LogP contribution in [-0.2, 0) is 32.7 Å². The number of anilines is 1. The summed E-state index contributed by atoms with van der Waals surface area (Å²) in [7, 11) is -3.86. The van der Waals surface area contributed by atoms with Crippen molar-refractivity contribution in [1.82, 2.24) is 9.73 Å². The highest BCUT2D eigenvalue weighted by atomic mass is 32.2. The van der Waals surface area contributed by atoms with Gasteiger partial charge in [0.15, 0.2) is 0 Å². The van der Waals surface area contributed by atoms with Gasteiger partial charge in [0.25, 0.3) is 0 Å². The van der Waals surface area contributed by atoms with Crippen LogP contribution in [0.3, 0.4) is 0 Å². The molecule has 46 heavy (non-hydrogen) atoms. The van der Waals surface area contributed by atoms with Crippen molar-refractivity contribution < 1.29 is 27.2 Å². The Morgan fingerprint density at radius 1 is 0.761 bits per heavy atom. The molecule has 0 aliphatic carbocycles. The van der Waals surface area contributed by atoms with Crippen LogP contribution in [0.1, 0.15) is 28.2 Å². The lowest BCUT2D eigenvalue weighted by atomic mass is 10.1. The second-order valence-electron chi connectivity index (χ2n) is 10.5. The first-order valence-electron chi connectivity index (χ1n) is 14.3. The number of nitrogens with zero attached hydrogens (tertiary/aromatic N) is 2. The Kier molecular flexibility index (Phi) is 10.1. The number of hydrogen-bond acceptors (Lipinski definition) is 7. The van der Waals surface area contributed by atoms with Crippen molar-refractivity contribution >= 4 is 33.7 Å². The highest BCUT2D eigenvalue weighted by molar-refractivity contribution is 7.89. The van der Waals surface area contributed by atoms with Gasteiger partial charge in [-0.05, 0) is 80.1 Å². The highest BCUT2D eigenvalue weighted by Gasteiger charge is 2.26. The number of nitrogens with one attached hydrogen (secondary N) is 2. The minimum Gasteiger partial charge on any atom is -0.459 e. The Morgan fingerprint density at radius 3 is 2.07 bits per heavy atom. The van der Waals surface area contributed by atoms with Crippen molar-refractivity contribution in [3.05, 3.63) is 143 Å². The molecular weight excluding hydrogens is 604 g/mol. The van der Waals surface area contributed by atoms with Crippen LogP contribution >= 0.6 is 0 Å². The Balaban J connectivity index is 1.19. The SMILES string of the molecule is Cc1ccc(CN(Cc2ccc(/C=N/NC(=O)C(=O)Nc3ccc(Oc4ccccc4)cc3)o2)S(=O)(=O)c2ccc(C)cc2)cc1. The van der Waals surface area contributed by atoms with E-state index in [-0.39, 0.29) is 23.7 Å². The number of para-hydroxylation sites is 1. The van der Waals surface area contributed by atoms with Crippen LogP contribution in [-0.4, -0.2) is 30.8 Å². The van der Waals surface area contributed by atoms with E-state index in [2.05, 4.69) is 15.8 Å². The average molecular weight is 637 g/mol. The fourth-order valence-electron chi connectivity index (χ4n) is 4.33. The number of aryl methyl sites for hydroxylation is 2. The van der Waals surface area contributed by atoms with Crippen LogP contribution in [0.25, 0.3) is 0 Å². The summed E-state index contributed by atoms with van der Waals surface area (Å²) in [6, 6.07) is 33.3. The molecule has 0 saturated carbocycles. The van der Waals surface area contributed by atoms with E-state index in [1.807, 2.05) is 68.4 Å². The molecule has 4 aromatic carbocycles. The molecule has 10 nitrogen and oxygen atoms in total. The largest absolute Gasteiger partial charge is 0.459 e. The molecule has 0 bridgehead atoms. The Morgan fingerprint density at radius 2 is 1.39 bits per heavy atom. The maximum Gasteiger partial charge on any atom is 0.329 e. The van der Waals surface area contributed by atoms with Crippen molar-refractivity contribution in [3.8, 4) is 11.5 Å². The summed E-state index contributed by atoms with van der Waals surface area (Å²) < 4.78 is 40.1. The smallest absolute Gasteiger partial charge is 0.329 e. The van der Waals surface area contributed by atoms with Crippen molar-refractivity contribution in [2.24, 2.45) is 5.10 Å². The van der Waals surface area contributed by atoms with Gasteiger partial charge in [-0.3, -0.25) is 9.59 Å². The first kappa shape index (κ1) is 31.9. The summed E-state index contributed by atoms with van der Waals surface area (Å²) in [4.78, 5) is 24.8. The van der Waals surface area contributed by atoms with E-state index >= 15 is 0 Å². The van der Waals surface area contributed by atoms with E-state index in [4.69, 9.17) is 9.15 Å². The molecule has 1 aromatic heterocycles. The summed E-state index contributed by atoms with van der Waals surface area (Å²) >= 11 is 0. The van der Waals surface area contributed by atoms with Gasteiger partial charge in [0.2, 0.25) is 10.0 Å². The van der Waals surface area contributed by atoms with Gasteiger partial charge in [-0.15, -0.1) is 0 Å². The number of rotatable bonds is 11. The number of carbonyl (C=O) groups excluding carboxylic acids is 2. The number of amides is 2. The Labute approximate surface area is 267 Å². The molecule has 5 rings (SSSR count). The van der Waals surface area contributed by atoms with Crippen LogP contribution in [0.2, 0.25) is 0 Å². The first-order valence-corrected chi connectivity index (χ1v) is 15.8. The number of ether oxygens (including phenoxy) is 1. The lowest BCUT2D eigenvalue weighted by molar-refractivity contribution is -0.136. The van der Waals surface area contributed by atoms with Gasteiger partial charge in [0.05, 0.1) is 17.7 Å². The van der Waals surface area contributed by atoms with Crippen molar-refractivity contribution in [1.29, 1.82) is 0 Å². The van der Waals surface area contributed by atoms with Gasteiger partial charge in [0, 0.05) is 12.2 Å². The van der Waals surface area contributed by atoms with Crippen molar-refractivity contribution in [2.45, 2.75) is 31.8 Å². The zero-order valence-corrected chi connectivity index (χ0v) is 26.0. The number of sulfonamides is 1. The highest BCUT2D eigenvalue weighted by Crippen LogP contribution is 2.24. The monoisotopic (exact) mass is 636 g/mol. The van der Waals surface area contributed by atoms with Gasteiger partial charge in [0.1, 0.15) is 23.0 Å². The van der Waals surface area contributed by atoms with Crippen LogP contribution in [0.15, 0.2) is 130 Å². The fourth-order valence-corrected chi connectivity index (χ4v) is 5.72. The molecule has 2 N–H and O–H groups in total. The van der Waals surface area contributed by atoms with E-state index in [9.17, 15) is 18.0 Å². The van der Waals surface area contributed by atoms with E-state index in [1.165, 1.54) is 10.5 Å². The zero-order valence-electron chi connectivity index (χ0n) is 25.2. The fraction of sp³-hybridized carbons (Fsp3) is 0.114. The molecular formula is C35H32N4O6S. The summed E-state index contributed by atoms with van der Waals surface area (Å²) in [5.41, 5.74) is 5.41.